The summed E-state index contributed by atoms with van der Waals surface area (Å²) < 4.78 is 5.55. The Morgan fingerprint density at radius 2 is 1.84 bits per heavy atom. The van der Waals surface area contributed by atoms with Crippen molar-refractivity contribution in [3.05, 3.63) is 0 Å². The van der Waals surface area contributed by atoms with Crippen LogP contribution in [0.2, 0.25) is 0 Å². The van der Waals surface area contributed by atoms with Crippen molar-refractivity contribution >= 4 is 18.3 Å². The van der Waals surface area contributed by atoms with Gasteiger partial charge < -0.3 is 15.8 Å². The normalized spacial score (nSPS) is 30.8. The van der Waals surface area contributed by atoms with Gasteiger partial charge in [0, 0.05) is 18.6 Å². The maximum Gasteiger partial charge on any atom is 0.237 e. The second-order valence-electron chi connectivity index (χ2n) is 7.27. The quantitative estimate of drug-likeness (QED) is 0.837. The van der Waals surface area contributed by atoms with Crippen LogP contribution in [0.5, 0.6) is 0 Å². The molecule has 1 amide bonds. The SMILES string of the molecule is COC1(C)CC(NC(=O)[C@@H](N)C(C)(C)C)C1(C)C.Cl. The van der Waals surface area contributed by atoms with E-state index in [4.69, 9.17) is 10.5 Å². The van der Waals surface area contributed by atoms with E-state index in [0.29, 0.717) is 0 Å². The van der Waals surface area contributed by atoms with Gasteiger partial charge in [-0.1, -0.05) is 34.6 Å². The van der Waals surface area contributed by atoms with Gasteiger partial charge in [-0.25, -0.2) is 0 Å². The van der Waals surface area contributed by atoms with Crippen LogP contribution in [-0.2, 0) is 9.53 Å². The fourth-order valence-electron chi connectivity index (χ4n) is 2.38. The molecule has 0 aliphatic heterocycles. The van der Waals surface area contributed by atoms with Crippen LogP contribution in [0.3, 0.4) is 0 Å². The third kappa shape index (κ3) is 3.23. The first-order valence-electron chi connectivity index (χ1n) is 6.57. The standard InChI is InChI=1S/C14H28N2O2.ClH/c1-12(2,3)10(15)11(17)16-9-8-14(6,18-7)13(9,4)5;/h9-10H,8,15H2,1-7H3,(H,16,17);1H/t9?,10-,14?;/m1./s1. The van der Waals surface area contributed by atoms with Crippen molar-refractivity contribution < 1.29 is 9.53 Å². The number of carbonyl (C=O) groups is 1. The van der Waals surface area contributed by atoms with Crippen LogP contribution >= 0.6 is 12.4 Å². The van der Waals surface area contributed by atoms with E-state index in [2.05, 4.69) is 26.1 Å². The fraction of sp³-hybridized carbons (Fsp3) is 0.929. The molecule has 5 heteroatoms. The highest BCUT2D eigenvalue weighted by atomic mass is 35.5. The molecular weight excluding hydrogens is 264 g/mol. The zero-order chi connectivity index (χ0) is 14.4. The summed E-state index contributed by atoms with van der Waals surface area (Å²) in [4.78, 5) is 12.1. The number of amides is 1. The molecule has 1 rings (SSSR count). The summed E-state index contributed by atoms with van der Waals surface area (Å²) in [6.07, 6.45) is 0.832. The monoisotopic (exact) mass is 292 g/mol. The molecule has 2 unspecified atom stereocenters. The van der Waals surface area contributed by atoms with Crippen molar-refractivity contribution in [1.82, 2.24) is 5.32 Å². The van der Waals surface area contributed by atoms with E-state index in [1.165, 1.54) is 0 Å². The largest absolute Gasteiger partial charge is 0.378 e. The van der Waals surface area contributed by atoms with Gasteiger partial charge in [0.15, 0.2) is 0 Å². The molecule has 19 heavy (non-hydrogen) atoms. The Morgan fingerprint density at radius 3 is 2.16 bits per heavy atom. The van der Waals surface area contributed by atoms with E-state index in [1.54, 1.807) is 7.11 Å². The van der Waals surface area contributed by atoms with Crippen LogP contribution in [0, 0.1) is 10.8 Å². The lowest BCUT2D eigenvalue weighted by Gasteiger charge is -2.59. The average Bonchev–Trinajstić information content (AvgIpc) is 2.25. The third-order valence-corrected chi connectivity index (χ3v) is 4.81. The number of halogens is 1. The minimum Gasteiger partial charge on any atom is -0.378 e. The molecule has 0 aromatic carbocycles. The van der Waals surface area contributed by atoms with Crippen LogP contribution in [-0.4, -0.2) is 30.7 Å². The van der Waals surface area contributed by atoms with Gasteiger partial charge in [-0.15, -0.1) is 12.4 Å². The molecule has 1 fully saturated rings. The van der Waals surface area contributed by atoms with Gasteiger partial charge in [0.1, 0.15) is 0 Å². The summed E-state index contributed by atoms with van der Waals surface area (Å²) in [5, 5.41) is 3.06. The van der Waals surface area contributed by atoms with Crippen molar-refractivity contribution in [3.63, 3.8) is 0 Å². The maximum atomic E-state index is 12.1. The van der Waals surface area contributed by atoms with Crippen LogP contribution in [0.1, 0.15) is 48.0 Å². The van der Waals surface area contributed by atoms with Gasteiger partial charge in [-0.05, 0) is 18.8 Å². The molecule has 3 atom stereocenters. The summed E-state index contributed by atoms with van der Waals surface area (Å²) in [5.74, 6) is -0.0706. The number of nitrogens with one attached hydrogen (secondary N) is 1. The van der Waals surface area contributed by atoms with E-state index in [-0.39, 0.29) is 40.8 Å². The van der Waals surface area contributed by atoms with Crippen molar-refractivity contribution in [2.45, 2.75) is 65.6 Å². The van der Waals surface area contributed by atoms with Crippen LogP contribution in [0.15, 0.2) is 0 Å². The summed E-state index contributed by atoms with van der Waals surface area (Å²) in [6, 6.07) is -0.356. The van der Waals surface area contributed by atoms with Crippen molar-refractivity contribution in [1.29, 1.82) is 0 Å². The minimum atomic E-state index is -0.484. The summed E-state index contributed by atoms with van der Waals surface area (Å²) in [5.41, 5.74) is 5.50. The number of hydrogen-bond acceptors (Lipinski definition) is 3. The average molecular weight is 293 g/mol. The minimum absolute atomic E-state index is 0. The molecule has 0 aromatic heterocycles. The molecule has 0 radical (unpaired) electrons. The van der Waals surface area contributed by atoms with Crippen LogP contribution < -0.4 is 11.1 Å². The van der Waals surface area contributed by atoms with E-state index in [0.717, 1.165) is 6.42 Å². The summed E-state index contributed by atoms with van der Waals surface area (Å²) in [7, 11) is 1.72. The molecular formula is C14H29ClN2O2. The Kier molecular flexibility index (Phi) is 5.49. The highest BCUT2D eigenvalue weighted by Gasteiger charge is 2.58. The molecule has 0 spiro atoms. The molecule has 1 saturated carbocycles. The number of ether oxygens (including phenoxy) is 1. The predicted octanol–water partition coefficient (Wildman–Crippen LogP) is 2.10. The van der Waals surface area contributed by atoms with E-state index in [1.807, 2.05) is 20.8 Å². The highest BCUT2D eigenvalue weighted by molar-refractivity contribution is 5.85. The first-order valence-corrected chi connectivity index (χ1v) is 6.57. The highest BCUT2D eigenvalue weighted by Crippen LogP contribution is 2.51. The topological polar surface area (TPSA) is 64.3 Å². The molecule has 3 N–H and O–H groups in total. The molecule has 4 nitrogen and oxygen atoms in total. The molecule has 1 aliphatic carbocycles. The Balaban J connectivity index is 0.00000324. The number of methoxy groups -OCH3 is 1. The van der Waals surface area contributed by atoms with Gasteiger partial charge in [-0.2, -0.15) is 0 Å². The van der Waals surface area contributed by atoms with Crippen molar-refractivity contribution in [2.24, 2.45) is 16.6 Å². The molecule has 0 aromatic rings. The predicted molar refractivity (Wildman–Crippen MR) is 80.4 cm³/mol. The first-order chi connectivity index (χ1) is 7.95. The Labute approximate surface area is 123 Å². The van der Waals surface area contributed by atoms with Gasteiger partial charge in [0.2, 0.25) is 5.91 Å². The Hall–Kier alpha value is -0.320. The zero-order valence-corrected chi connectivity index (χ0v) is 14.0. The second kappa shape index (κ2) is 5.58. The number of nitrogens with two attached hydrogens (primary N) is 1. The lowest BCUT2D eigenvalue weighted by atomic mass is 9.55. The summed E-state index contributed by atoms with van der Waals surface area (Å²) >= 11 is 0. The van der Waals surface area contributed by atoms with E-state index < -0.39 is 6.04 Å². The van der Waals surface area contributed by atoms with Gasteiger partial charge in [0.25, 0.3) is 0 Å². The second-order valence-corrected chi connectivity index (χ2v) is 7.27. The van der Waals surface area contributed by atoms with Crippen molar-refractivity contribution in [3.8, 4) is 0 Å². The lowest BCUT2D eigenvalue weighted by Crippen LogP contribution is -2.70. The lowest BCUT2D eigenvalue weighted by molar-refractivity contribution is -0.183. The summed E-state index contributed by atoms with van der Waals surface area (Å²) in [6.45, 7) is 12.2. The van der Waals surface area contributed by atoms with E-state index in [9.17, 15) is 4.79 Å². The number of carbonyl (C=O) groups excluding carboxylic acids is 1. The Morgan fingerprint density at radius 1 is 1.37 bits per heavy atom. The fourth-order valence-corrected chi connectivity index (χ4v) is 2.38. The van der Waals surface area contributed by atoms with Gasteiger partial charge in [-0.3, -0.25) is 4.79 Å². The number of hydrogen-bond donors (Lipinski definition) is 2. The Bertz CT molecular complexity index is 339. The molecule has 0 heterocycles. The van der Waals surface area contributed by atoms with E-state index >= 15 is 0 Å². The van der Waals surface area contributed by atoms with Gasteiger partial charge >= 0.3 is 0 Å². The molecule has 114 valence electrons. The zero-order valence-electron chi connectivity index (χ0n) is 13.2. The van der Waals surface area contributed by atoms with Crippen LogP contribution in [0.4, 0.5) is 0 Å². The number of rotatable bonds is 3. The smallest absolute Gasteiger partial charge is 0.237 e. The molecule has 0 bridgehead atoms. The van der Waals surface area contributed by atoms with Gasteiger partial charge in [0.05, 0.1) is 11.6 Å². The molecule has 0 saturated heterocycles. The maximum absolute atomic E-state index is 12.1. The van der Waals surface area contributed by atoms with Crippen LogP contribution in [0.25, 0.3) is 0 Å². The first kappa shape index (κ1) is 18.7. The third-order valence-electron chi connectivity index (χ3n) is 4.81. The van der Waals surface area contributed by atoms with Crippen molar-refractivity contribution in [2.75, 3.05) is 7.11 Å². The molecule has 1 aliphatic rings.